The van der Waals surface area contributed by atoms with Gasteiger partial charge >= 0.3 is 5.91 Å². The summed E-state index contributed by atoms with van der Waals surface area (Å²) in [6.07, 6.45) is 1.46. The van der Waals surface area contributed by atoms with Crippen molar-refractivity contribution in [3.05, 3.63) is 49.9 Å². The highest BCUT2D eigenvalue weighted by Crippen LogP contribution is 2.28. The lowest BCUT2D eigenvalue weighted by Gasteiger charge is -2.26. The molecule has 1 aliphatic heterocycles. The summed E-state index contributed by atoms with van der Waals surface area (Å²) in [7, 11) is 0. The minimum atomic E-state index is -0.422. The number of fused-ring (bicyclic) bond motifs is 1. The molecule has 1 aromatic carbocycles. The van der Waals surface area contributed by atoms with Crippen molar-refractivity contribution in [1.82, 2.24) is 5.43 Å². The highest BCUT2D eigenvalue weighted by atomic mass is 127. The molecule has 2 aromatic heterocycles. The fourth-order valence-electron chi connectivity index (χ4n) is 2.76. The van der Waals surface area contributed by atoms with E-state index in [-0.39, 0.29) is 5.76 Å². The van der Waals surface area contributed by atoms with E-state index in [0.717, 1.165) is 32.4 Å². The first kappa shape index (κ1) is 18.5. The SMILES string of the molecule is O=C(N/N=C\c1ccc(N2CCOCC2)o1)c1cc2cc(Br)cc(I)c2o1. The van der Waals surface area contributed by atoms with Crippen LogP contribution in [0.4, 0.5) is 5.88 Å². The molecule has 0 atom stereocenters. The number of halogens is 2. The number of carbonyl (C=O) groups excluding carboxylic acids is 1. The summed E-state index contributed by atoms with van der Waals surface area (Å²) in [6.45, 7) is 2.96. The van der Waals surface area contributed by atoms with E-state index in [2.05, 4.69) is 53.9 Å². The smallest absolute Gasteiger partial charge is 0.307 e. The van der Waals surface area contributed by atoms with E-state index in [1.54, 1.807) is 6.07 Å². The first-order valence-corrected chi connectivity index (χ1v) is 10.1. The molecule has 1 aliphatic rings. The quantitative estimate of drug-likeness (QED) is 0.306. The first-order chi connectivity index (χ1) is 13.1. The van der Waals surface area contributed by atoms with Gasteiger partial charge in [0.1, 0.15) is 11.3 Å². The fourth-order valence-corrected chi connectivity index (χ4v) is 4.42. The highest BCUT2D eigenvalue weighted by Gasteiger charge is 2.15. The monoisotopic (exact) mass is 543 g/mol. The fraction of sp³-hybridized carbons (Fsp3) is 0.222. The molecule has 1 amide bonds. The molecule has 0 unspecified atom stereocenters. The molecule has 0 radical (unpaired) electrons. The van der Waals surface area contributed by atoms with Crippen LogP contribution in [0.3, 0.4) is 0 Å². The van der Waals surface area contributed by atoms with Crippen molar-refractivity contribution in [3.63, 3.8) is 0 Å². The molecule has 140 valence electrons. The van der Waals surface area contributed by atoms with Crippen molar-refractivity contribution < 1.29 is 18.4 Å². The van der Waals surface area contributed by atoms with Crippen molar-refractivity contribution in [2.45, 2.75) is 0 Å². The molecular formula is C18H15BrIN3O4. The van der Waals surface area contributed by atoms with Gasteiger partial charge in [-0.05, 0) is 46.9 Å². The van der Waals surface area contributed by atoms with Gasteiger partial charge in [-0.3, -0.25) is 4.79 Å². The number of nitrogens with one attached hydrogen (secondary N) is 1. The molecule has 4 rings (SSSR count). The first-order valence-electron chi connectivity index (χ1n) is 8.25. The van der Waals surface area contributed by atoms with Gasteiger partial charge in [0.25, 0.3) is 0 Å². The molecule has 3 heterocycles. The number of morpholine rings is 1. The molecule has 0 aliphatic carbocycles. The average Bonchev–Trinajstić information content (AvgIpc) is 3.29. The summed E-state index contributed by atoms with van der Waals surface area (Å²) < 4.78 is 18.6. The van der Waals surface area contributed by atoms with Crippen LogP contribution in [0.15, 0.2) is 48.7 Å². The number of amides is 1. The molecule has 1 N–H and O–H groups in total. The van der Waals surface area contributed by atoms with Gasteiger partial charge in [0.05, 0.1) is 23.0 Å². The summed E-state index contributed by atoms with van der Waals surface area (Å²) in [5, 5.41) is 4.80. The van der Waals surface area contributed by atoms with Crippen molar-refractivity contribution in [2.75, 3.05) is 31.2 Å². The molecule has 1 fully saturated rings. The Hall–Kier alpha value is -1.85. The zero-order valence-corrected chi connectivity index (χ0v) is 17.8. The van der Waals surface area contributed by atoms with Crippen molar-refractivity contribution in [2.24, 2.45) is 5.10 Å². The Labute approximate surface area is 177 Å². The van der Waals surface area contributed by atoms with E-state index in [9.17, 15) is 4.79 Å². The number of hydrogen-bond acceptors (Lipinski definition) is 6. The molecule has 7 nitrogen and oxygen atoms in total. The maximum Gasteiger partial charge on any atom is 0.307 e. The zero-order valence-electron chi connectivity index (χ0n) is 14.1. The number of hydrazone groups is 1. The molecule has 0 bridgehead atoms. The lowest BCUT2D eigenvalue weighted by molar-refractivity contribution is 0.0929. The Balaban J connectivity index is 1.42. The van der Waals surface area contributed by atoms with Crippen molar-refractivity contribution >= 4 is 67.5 Å². The number of carbonyl (C=O) groups is 1. The third kappa shape index (κ3) is 4.19. The average molecular weight is 544 g/mol. The van der Waals surface area contributed by atoms with E-state index in [1.165, 1.54) is 6.21 Å². The molecule has 0 saturated carbocycles. The number of nitrogens with zero attached hydrogens (tertiary/aromatic N) is 2. The van der Waals surface area contributed by atoms with Crippen LogP contribution in [0.25, 0.3) is 11.0 Å². The van der Waals surface area contributed by atoms with Gasteiger partial charge < -0.3 is 18.5 Å². The largest absolute Gasteiger partial charge is 0.450 e. The number of benzene rings is 1. The second-order valence-electron chi connectivity index (χ2n) is 5.89. The van der Waals surface area contributed by atoms with E-state index in [4.69, 9.17) is 13.6 Å². The Kier molecular flexibility index (Phi) is 5.50. The molecular weight excluding hydrogens is 529 g/mol. The molecule has 1 saturated heterocycles. The van der Waals surface area contributed by atoms with Gasteiger partial charge in [0.2, 0.25) is 0 Å². The van der Waals surface area contributed by atoms with Gasteiger partial charge in [-0.2, -0.15) is 5.10 Å². The van der Waals surface area contributed by atoms with E-state index >= 15 is 0 Å². The normalized spacial score (nSPS) is 15.0. The maximum atomic E-state index is 12.3. The van der Waals surface area contributed by atoms with Crippen LogP contribution < -0.4 is 10.3 Å². The molecule has 0 spiro atoms. The van der Waals surface area contributed by atoms with Crippen LogP contribution in [-0.2, 0) is 4.74 Å². The van der Waals surface area contributed by atoms with E-state index < -0.39 is 5.91 Å². The van der Waals surface area contributed by atoms with Gasteiger partial charge in [-0.1, -0.05) is 15.9 Å². The number of ether oxygens (including phenoxy) is 1. The number of furan rings is 2. The second kappa shape index (κ2) is 8.03. The predicted molar refractivity (Wildman–Crippen MR) is 113 cm³/mol. The summed E-state index contributed by atoms with van der Waals surface area (Å²) >= 11 is 5.60. The number of hydrogen-bond donors (Lipinski definition) is 1. The van der Waals surface area contributed by atoms with Crippen molar-refractivity contribution in [1.29, 1.82) is 0 Å². The van der Waals surface area contributed by atoms with E-state index in [1.807, 2.05) is 24.3 Å². The van der Waals surface area contributed by atoms with E-state index in [0.29, 0.717) is 24.6 Å². The Morgan fingerprint density at radius 3 is 2.85 bits per heavy atom. The Bertz CT molecular complexity index is 1010. The van der Waals surface area contributed by atoms with Crippen LogP contribution >= 0.6 is 38.5 Å². The van der Waals surface area contributed by atoms with Crippen LogP contribution in [0.5, 0.6) is 0 Å². The minimum absolute atomic E-state index is 0.201. The standard InChI is InChI=1S/C18H15BrIN3O4/c19-12-7-11-8-15(27-17(11)14(20)9-12)18(24)22-21-10-13-1-2-16(26-13)23-3-5-25-6-4-23/h1-2,7-10H,3-6H2,(H,22,24)/b21-10-. The number of rotatable bonds is 4. The predicted octanol–water partition coefficient (Wildman–Crippen LogP) is 3.99. The highest BCUT2D eigenvalue weighted by molar-refractivity contribution is 14.1. The van der Waals surface area contributed by atoms with Crippen LogP contribution in [0, 0.1) is 3.57 Å². The third-order valence-corrected chi connectivity index (χ3v) is 5.31. The van der Waals surface area contributed by atoms with Crippen LogP contribution in [0.1, 0.15) is 16.3 Å². The summed E-state index contributed by atoms with van der Waals surface area (Å²) in [5.41, 5.74) is 3.14. The minimum Gasteiger partial charge on any atom is -0.450 e. The van der Waals surface area contributed by atoms with Gasteiger partial charge in [-0.15, -0.1) is 0 Å². The Morgan fingerprint density at radius 1 is 1.22 bits per heavy atom. The lowest BCUT2D eigenvalue weighted by Crippen LogP contribution is -2.35. The molecule has 3 aromatic rings. The van der Waals surface area contributed by atoms with Crippen LogP contribution in [0.2, 0.25) is 0 Å². The van der Waals surface area contributed by atoms with Gasteiger partial charge in [0, 0.05) is 29.0 Å². The van der Waals surface area contributed by atoms with Crippen molar-refractivity contribution in [3.8, 4) is 0 Å². The summed E-state index contributed by atoms with van der Waals surface area (Å²) in [5.74, 6) is 1.10. The molecule has 27 heavy (non-hydrogen) atoms. The third-order valence-electron chi connectivity index (χ3n) is 4.05. The maximum absolute atomic E-state index is 12.3. The molecule has 9 heteroatoms. The summed E-state index contributed by atoms with van der Waals surface area (Å²) in [4.78, 5) is 14.4. The number of anilines is 1. The lowest BCUT2D eigenvalue weighted by atomic mass is 10.2. The zero-order chi connectivity index (χ0) is 18.8. The van der Waals surface area contributed by atoms with Gasteiger partial charge in [0.15, 0.2) is 11.6 Å². The second-order valence-corrected chi connectivity index (χ2v) is 7.97. The topological polar surface area (TPSA) is 80.2 Å². The van der Waals surface area contributed by atoms with Gasteiger partial charge in [-0.25, -0.2) is 5.43 Å². The van der Waals surface area contributed by atoms with Crippen LogP contribution in [-0.4, -0.2) is 38.4 Å². The summed E-state index contributed by atoms with van der Waals surface area (Å²) in [6, 6.07) is 9.21. The Morgan fingerprint density at radius 2 is 2.04 bits per heavy atom.